The summed E-state index contributed by atoms with van der Waals surface area (Å²) >= 11 is 11.7. The molecule has 0 aromatic rings. The summed E-state index contributed by atoms with van der Waals surface area (Å²) in [7, 11) is -1.38. The summed E-state index contributed by atoms with van der Waals surface area (Å²) in [5.41, 5.74) is 0. The first-order valence-electron chi connectivity index (χ1n) is 2.75. The van der Waals surface area contributed by atoms with Crippen molar-refractivity contribution >= 4 is 30.1 Å². The standard InChI is InChI=1S/C5H12Cl2Si/c1-5(6)4-8(2,3)7/h5H,4H2,1-3H3. The maximum atomic E-state index is 5.98. The van der Waals surface area contributed by atoms with E-state index in [0.29, 0.717) is 0 Å². The summed E-state index contributed by atoms with van der Waals surface area (Å²) in [5, 5.41) is 0.245. The van der Waals surface area contributed by atoms with Crippen LogP contribution in [0, 0.1) is 0 Å². The van der Waals surface area contributed by atoms with E-state index in [1.165, 1.54) is 0 Å². The van der Waals surface area contributed by atoms with E-state index in [4.69, 9.17) is 22.7 Å². The normalized spacial score (nSPS) is 16.1. The SMILES string of the molecule is CC(Cl)C[Si](C)(C)Cl. The zero-order valence-corrected chi connectivity index (χ0v) is 8.05. The van der Waals surface area contributed by atoms with Gasteiger partial charge in [-0.15, -0.1) is 11.6 Å². The highest BCUT2D eigenvalue weighted by atomic mass is 35.6. The lowest BCUT2D eigenvalue weighted by molar-refractivity contribution is 1.07. The molecule has 0 spiro atoms. The number of halogens is 2. The topological polar surface area (TPSA) is 0 Å². The quantitative estimate of drug-likeness (QED) is 0.340. The predicted octanol–water partition coefficient (Wildman–Crippen LogP) is 3.06. The van der Waals surface area contributed by atoms with Gasteiger partial charge in [0.25, 0.3) is 0 Å². The number of hydrogen-bond acceptors (Lipinski definition) is 0. The van der Waals surface area contributed by atoms with E-state index < -0.39 is 7.38 Å². The highest BCUT2D eigenvalue weighted by Crippen LogP contribution is 2.18. The first-order chi connectivity index (χ1) is 3.42. The van der Waals surface area contributed by atoms with Gasteiger partial charge in [0.05, 0.1) is 0 Å². The second-order valence-electron chi connectivity index (χ2n) is 2.70. The van der Waals surface area contributed by atoms with Crippen LogP contribution in [0.25, 0.3) is 0 Å². The van der Waals surface area contributed by atoms with Crippen LogP contribution in [0.3, 0.4) is 0 Å². The smallest absolute Gasteiger partial charge is 0.151 e. The Balaban J connectivity index is 3.39. The van der Waals surface area contributed by atoms with Gasteiger partial charge in [-0.25, -0.2) is 0 Å². The summed E-state index contributed by atoms with van der Waals surface area (Å²) in [4.78, 5) is 0. The van der Waals surface area contributed by atoms with E-state index in [0.717, 1.165) is 6.04 Å². The molecule has 0 rings (SSSR count). The van der Waals surface area contributed by atoms with Gasteiger partial charge in [-0.3, -0.25) is 0 Å². The fraction of sp³-hybridized carbons (Fsp3) is 1.00. The molecule has 0 N–H and O–H groups in total. The maximum Gasteiger partial charge on any atom is 0.151 e. The Bertz CT molecular complexity index is 65.3. The van der Waals surface area contributed by atoms with Gasteiger partial charge in [-0.2, -0.15) is 11.1 Å². The van der Waals surface area contributed by atoms with Gasteiger partial charge in [-0.1, -0.05) is 13.1 Å². The molecule has 0 bridgehead atoms. The molecule has 0 saturated carbocycles. The van der Waals surface area contributed by atoms with Crippen molar-refractivity contribution in [2.24, 2.45) is 0 Å². The molecule has 0 aliphatic heterocycles. The first-order valence-corrected chi connectivity index (χ1v) is 7.40. The van der Waals surface area contributed by atoms with Crippen LogP contribution in [0.1, 0.15) is 6.92 Å². The zero-order chi connectivity index (χ0) is 6.78. The van der Waals surface area contributed by atoms with Gasteiger partial charge in [-0.05, 0) is 13.0 Å². The Morgan fingerprint density at radius 3 is 1.88 bits per heavy atom. The molecule has 0 aliphatic rings. The first kappa shape index (κ1) is 8.80. The van der Waals surface area contributed by atoms with Crippen molar-refractivity contribution in [1.82, 2.24) is 0 Å². The minimum Gasteiger partial charge on any atom is -0.168 e. The van der Waals surface area contributed by atoms with Crippen molar-refractivity contribution in [3.05, 3.63) is 0 Å². The van der Waals surface area contributed by atoms with E-state index in [1.54, 1.807) is 0 Å². The monoisotopic (exact) mass is 170 g/mol. The van der Waals surface area contributed by atoms with Crippen molar-refractivity contribution in [3.8, 4) is 0 Å². The Morgan fingerprint density at radius 1 is 1.50 bits per heavy atom. The van der Waals surface area contributed by atoms with Crippen molar-refractivity contribution in [2.45, 2.75) is 31.4 Å². The average molecular weight is 171 g/mol. The summed E-state index contributed by atoms with van der Waals surface area (Å²) in [6, 6.07) is 0.996. The summed E-state index contributed by atoms with van der Waals surface area (Å²) in [5.74, 6) is 0. The van der Waals surface area contributed by atoms with Gasteiger partial charge in [0.1, 0.15) is 0 Å². The van der Waals surface area contributed by atoms with Crippen molar-refractivity contribution in [2.75, 3.05) is 0 Å². The molecule has 0 radical (unpaired) electrons. The van der Waals surface area contributed by atoms with Crippen LogP contribution in [-0.4, -0.2) is 12.8 Å². The second kappa shape index (κ2) is 3.09. The highest BCUT2D eigenvalue weighted by Gasteiger charge is 2.18. The second-order valence-corrected chi connectivity index (χ2v) is 10.4. The van der Waals surface area contributed by atoms with Crippen LogP contribution in [0.15, 0.2) is 0 Å². The molecule has 3 heteroatoms. The van der Waals surface area contributed by atoms with Crippen molar-refractivity contribution in [1.29, 1.82) is 0 Å². The maximum absolute atomic E-state index is 5.98. The van der Waals surface area contributed by atoms with E-state index in [2.05, 4.69) is 13.1 Å². The van der Waals surface area contributed by atoms with Crippen LogP contribution in [-0.2, 0) is 0 Å². The molecule has 1 unspecified atom stereocenters. The molecular formula is C5H12Cl2Si. The van der Waals surface area contributed by atoms with Crippen molar-refractivity contribution in [3.63, 3.8) is 0 Å². The number of alkyl halides is 1. The molecule has 0 aliphatic carbocycles. The van der Waals surface area contributed by atoms with Gasteiger partial charge in [0.15, 0.2) is 7.38 Å². The van der Waals surface area contributed by atoms with E-state index in [-0.39, 0.29) is 5.38 Å². The molecule has 8 heavy (non-hydrogen) atoms. The number of rotatable bonds is 2. The molecule has 0 aromatic carbocycles. The molecule has 0 heterocycles. The average Bonchev–Trinajstić information content (AvgIpc) is 1.21. The minimum absolute atomic E-state index is 0.245. The van der Waals surface area contributed by atoms with Crippen molar-refractivity contribution < 1.29 is 0 Å². The Labute approximate surface area is 61.9 Å². The van der Waals surface area contributed by atoms with E-state index in [1.807, 2.05) is 6.92 Å². The van der Waals surface area contributed by atoms with E-state index in [9.17, 15) is 0 Å². The minimum atomic E-state index is -1.38. The number of hydrogen-bond donors (Lipinski definition) is 0. The summed E-state index contributed by atoms with van der Waals surface area (Å²) in [6.45, 7) is 6.19. The van der Waals surface area contributed by atoms with Crippen LogP contribution >= 0.6 is 22.7 Å². The van der Waals surface area contributed by atoms with Gasteiger partial charge in [0, 0.05) is 5.38 Å². The molecule has 0 fully saturated rings. The third-order valence-corrected chi connectivity index (χ3v) is 3.23. The molecule has 0 nitrogen and oxygen atoms in total. The molecular weight excluding hydrogens is 159 g/mol. The van der Waals surface area contributed by atoms with Gasteiger partial charge in [0.2, 0.25) is 0 Å². The largest absolute Gasteiger partial charge is 0.168 e. The van der Waals surface area contributed by atoms with Crippen LogP contribution in [0.2, 0.25) is 19.1 Å². The zero-order valence-electron chi connectivity index (χ0n) is 5.54. The lowest BCUT2D eigenvalue weighted by Crippen LogP contribution is -2.19. The summed E-state index contributed by atoms with van der Waals surface area (Å²) in [6.07, 6.45) is 0. The Morgan fingerprint density at radius 2 is 1.88 bits per heavy atom. The molecule has 50 valence electrons. The molecule has 0 amide bonds. The van der Waals surface area contributed by atoms with Gasteiger partial charge < -0.3 is 0 Å². The van der Waals surface area contributed by atoms with Crippen LogP contribution in [0.5, 0.6) is 0 Å². The predicted molar refractivity (Wildman–Crippen MR) is 43.5 cm³/mol. The van der Waals surface area contributed by atoms with Crippen LogP contribution in [0.4, 0.5) is 0 Å². The summed E-state index contributed by atoms with van der Waals surface area (Å²) < 4.78 is 0. The fourth-order valence-corrected chi connectivity index (χ4v) is 4.10. The van der Waals surface area contributed by atoms with Gasteiger partial charge >= 0.3 is 0 Å². The third kappa shape index (κ3) is 6.80. The lowest BCUT2D eigenvalue weighted by Gasteiger charge is -2.12. The Hall–Kier alpha value is 0.797. The molecule has 0 saturated heterocycles. The highest BCUT2D eigenvalue weighted by molar-refractivity contribution is 7.19. The molecule has 1 atom stereocenters. The Kier molecular flexibility index (Phi) is 3.40. The van der Waals surface area contributed by atoms with Crippen LogP contribution < -0.4 is 0 Å². The third-order valence-electron chi connectivity index (χ3n) is 0.767. The lowest BCUT2D eigenvalue weighted by atomic mass is 10.6. The van der Waals surface area contributed by atoms with E-state index >= 15 is 0 Å². The molecule has 0 aromatic heterocycles. The fourth-order valence-electron chi connectivity index (χ4n) is 0.669.